The van der Waals surface area contributed by atoms with Gasteiger partial charge in [0, 0.05) is 0 Å². The molecule has 0 aliphatic heterocycles. The highest BCUT2D eigenvalue weighted by Gasteiger charge is 2.52. The first-order valence-electron chi connectivity index (χ1n) is 5.61. The molecule has 15 heavy (non-hydrogen) atoms. The maximum Gasteiger partial charge on any atom is 0.324 e. The first-order chi connectivity index (χ1) is 7.19. The largest absolute Gasteiger partial charge is 0.480 e. The van der Waals surface area contributed by atoms with Gasteiger partial charge < -0.3 is 5.11 Å². The molecule has 0 aromatic heterocycles. The van der Waals surface area contributed by atoms with E-state index in [4.69, 9.17) is 6.42 Å². The third kappa shape index (κ3) is 1.63. The fourth-order valence-corrected chi connectivity index (χ4v) is 3.24. The maximum atomic E-state index is 11.4. The van der Waals surface area contributed by atoms with Gasteiger partial charge in [-0.25, -0.2) is 0 Å². The summed E-state index contributed by atoms with van der Waals surface area (Å²) >= 11 is 0. The minimum absolute atomic E-state index is 0.272. The van der Waals surface area contributed by atoms with E-state index < -0.39 is 11.5 Å². The normalized spacial score (nSPS) is 38.6. The number of carbonyl (C=O) groups is 1. The van der Waals surface area contributed by atoms with Crippen molar-refractivity contribution < 1.29 is 9.90 Å². The van der Waals surface area contributed by atoms with Gasteiger partial charge in [-0.15, -0.1) is 6.42 Å². The summed E-state index contributed by atoms with van der Waals surface area (Å²) in [6, 6.07) is 0. The Balaban J connectivity index is 2.19. The zero-order valence-electron chi connectivity index (χ0n) is 8.83. The molecule has 3 aliphatic carbocycles. The standard InChI is InChI=1S/C12H17NO2/c1-2-7-13-12(11(14)15)8-9-3-5-10(12)6-4-9/h1,9-10,13H,3-8H2,(H,14,15). The Morgan fingerprint density at radius 1 is 1.47 bits per heavy atom. The number of carboxylic acids is 1. The smallest absolute Gasteiger partial charge is 0.324 e. The molecule has 0 aromatic rings. The molecule has 3 saturated carbocycles. The van der Waals surface area contributed by atoms with Crippen molar-refractivity contribution in [2.24, 2.45) is 11.8 Å². The molecule has 0 aromatic carbocycles. The number of rotatable bonds is 3. The van der Waals surface area contributed by atoms with Crippen LogP contribution in [0.5, 0.6) is 0 Å². The second kappa shape index (κ2) is 3.86. The highest BCUT2D eigenvalue weighted by molar-refractivity contribution is 5.79. The predicted molar refractivity (Wildman–Crippen MR) is 57.3 cm³/mol. The molecule has 3 heteroatoms. The Morgan fingerprint density at radius 3 is 2.53 bits per heavy atom. The molecular weight excluding hydrogens is 190 g/mol. The highest BCUT2D eigenvalue weighted by Crippen LogP contribution is 2.47. The van der Waals surface area contributed by atoms with Crippen LogP contribution in [0.2, 0.25) is 0 Å². The van der Waals surface area contributed by atoms with Crippen molar-refractivity contribution in [2.75, 3.05) is 6.54 Å². The molecule has 3 nitrogen and oxygen atoms in total. The van der Waals surface area contributed by atoms with Crippen molar-refractivity contribution in [1.82, 2.24) is 5.32 Å². The molecule has 0 heterocycles. The van der Waals surface area contributed by atoms with Crippen molar-refractivity contribution >= 4 is 5.97 Å². The molecule has 0 radical (unpaired) electrons. The van der Waals surface area contributed by atoms with Crippen molar-refractivity contribution in [3.05, 3.63) is 0 Å². The summed E-state index contributed by atoms with van der Waals surface area (Å²) in [5, 5.41) is 12.5. The SMILES string of the molecule is C#CCNC1(C(=O)O)CC2CCC1CC2. The van der Waals surface area contributed by atoms with Crippen LogP contribution in [0.3, 0.4) is 0 Å². The van der Waals surface area contributed by atoms with E-state index in [2.05, 4.69) is 11.2 Å². The fourth-order valence-electron chi connectivity index (χ4n) is 3.24. The molecule has 0 spiro atoms. The predicted octanol–water partition coefficient (Wildman–Crippen LogP) is 1.24. The van der Waals surface area contributed by atoms with Crippen LogP contribution in [0.25, 0.3) is 0 Å². The van der Waals surface area contributed by atoms with Crippen molar-refractivity contribution in [1.29, 1.82) is 0 Å². The number of hydrogen-bond donors (Lipinski definition) is 2. The van der Waals surface area contributed by atoms with Crippen LogP contribution in [0.1, 0.15) is 32.1 Å². The molecule has 2 N–H and O–H groups in total. The Kier molecular flexibility index (Phi) is 2.70. The second-order valence-electron chi connectivity index (χ2n) is 4.76. The minimum Gasteiger partial charge on any atom is -0.480 e. The molecule has 0 amide bonds. The zero-order chi connectivity index (χ0) is 10.9. The third-order valence-electron chi connectivity index (χ3n) is 4.04. The van der Waals surface area contributed by atoms with Crippen LogP contribution in [0.4, 0.5) is 0 Å². The minimum atomic E-state index is -0.729. The Bertz CT molecular complexity index is 299. The zero-order valence-corrected chi connectivity index (χ0v) is 8.83. The molecule has 3 aliphatic rings. The lowest BCUT2D eigenvalue weighted by atomic mass is 9.60. The van der Waals surface area contributed by atoms with E-state index in [-0.39, 0.29) is 5.92 Å². The van der Waals surface area contributed by atoms with Crippen LogP contribution < -0.4 is 5.32 Å². The molecule has 3 fully saturated rings. The van der Waals surface area contributed by atoms with Gasteiger partial charge in [0.05, 0.1) is 6.54 Å². The van der Waals surface area contributed by atoms with E-state index >= 15 is 0 Å². The molecule has 82 valence electrons. The summed E-state index contributed by atoms with van der Waals surface area (Å²) < 4.78 is 0. The number of fused-ring (bicyclic) bond motifs is 3. The number of hydrogen-bond acceptors (Lipinski definition) is 2. The quantitative estimate of drug-likeness (QED) is 0.685. The summed E-state index contributed by atoms with van der Waals surface area (Å²) in [5.74, 6) is 2.62. The molecule has 1 atom stereocenters. The number of aliphatic carboxylic acids is 1. The molecule has 3 rings (SSSR count). The van der Waals surface area contributed by atoms with Gasteiger partial charge in [0.15, 0.2) is 0 Å². The number of terminal acetylenes is 1. The van der Waals surface area contributed by atoms with Crippen molar-refractivity contribution in [2.45, 2.75) is 37.6 Å². The maximum absolute atomic E-state index is 11.4. The molecular formula is C12H17NO2. The average molecular weight is 207 g/mol. The van der Waals surface area contributed by atoms with Crippen LogP contribution in [-0.2, 0) is 4.79 Å². The highest BCUT2D eigenvalue weighted by atomic mass is 16.4. The monoisotopic (exact) mass is 207 g/mol. The topological polar surface area (TPSA) is 49.3 Å². The lowest BCUT2D eigenvalue weighted by Crippen LogP contribution is -2.62. The summed E-state index contributed by atoms with van der Waals surface area (Å²) in [6.45, 7) is 0.357. The van der Waals surface area contributed by atoms with Gasteiger partial charge in [0.2, 0.25) is 0 Å². The van der Waals surface area contributed by atoms with Gasteiger partial charge in [-0.2, -0.15) is 0 Å². The van der Waals surface area contributed by atoms with Crippen molar-refractivity contribution in [3.8, 4) is 12.3 Å². The summed E-state index contributed by atoms with van der Waals surface area (Å²) in [5.41, 5.74) is -0.729. The lowest BCUT2D eigenvalue weighted by molar-refractivity contribution is -0.152. The van der Waals surface area contributed by atoms with E-state index in [0.717, 1.165) is 19.3 Å². The first kappa shape index (κ1) is 10.5. The van der Waals surface area contributed by atoms with Gasteiger partial charge in [-0.1, -0.05) is 18.8 Å². The molecule has 0 saturated heterocycles. The second-order valence-corrected chi connectivity index (χ2v) is 4.76. The molecule has 2 bridgehead atoms. The Labute approximate surface area is 90.2 Å². The van der Waals surface area contributed by atoms with E-state index in [1.54, 1.807) is 0 Å². The Hall–Kier alpha value is -1.01. The van der Waals surface area contributed by atoms with Crippen LogP contribution in [0.15, 0.2) is 0 Å². The van der Waals surface area contributed by atoms with E-state index in [1.165, 1.54) is 12.8 Å². The van der Waals surface area contributed by atoms with E-state index in [1.807, 2.05) is 0 Å². The number of carboxylic acid groups (broad SMARTS) is 1. The van der Waals surface area contributed by atoms with Gasteiger partial charge >= 0.3 is 5.97 Å². The summed E-state index contributed by atoms with van der Waals surface area (Å²) in [6.07, 6.45) is 10.4. The summed E-state index contributed by atoms with van der Waals surface area (Å²) in [7, 11) is 0. The van der Waals surface area contributed by atoms with Crippen LogP contribution in [0, 0.1) is 24.2 Å². The fraction of sp³-hybridized carbons (Fsp3) is 0.750. The average Bonchev–Trinajstić information content (AvgIpc) is 2.27. The van der Waals surface area contributed by atoms with E-state index in [9.17, 15) is 9.90 Å². The van der Waals surface area contributed by atoms with E-state index in [0.29, 0.717) is 12.5 Å². The lowest BCUT2D eigenvalue weighted by Gasteiger charge is -2.49. The first-order valence-corrected chi connectivity index (χ1v) is 5.61. The molecule has 1 unspecified atom stereocenters. The van der Waals surface area contributed by atoms with Gasteiger partial charge in [0.1, 0.15) is 5.54 Å². The van der Waals surface area contributed by atoms with Crippen LogP contribution in [-0.4, -0.2) is 23.2 Å². The van der Waals surface area contributed by atoms with Gasteiger partial charge in [0.25, 0.3) is 0 Å². The number of nitrogens with one attached hydrogen (secondary N) is 1. The third-order valence-corrected chi connectivity index (χ3v) is 4.04. The van der Waals surface area contributed by atoms with Crippen molar-refractivity contribution in [3.63, 3.8) is 0 Å². The Morgan fingerprint density at radius 2 is 2.13 bits per heavy atom. The van der Waals surface area contributed by atoms with Crippen LogP contribution >= 0.6 is 0 Å². The van der Waals surface area contributed by atoms with Gasteiger partial charge in [-0.05, 0) is 31.1 Å². The van der Waals surface area contributed by atoms with Gasteiger partial charge in [-0.3, -0.25) is 10.1 Å². The summed E-state index contributed by atoms with van der Waals surface area (Å²) in [4.78, 5) is 11.4.